The van der Waals surface area contributed by atoms with E-state index in [9.17, 15) is 4.79 Å². The summed E-state index contributed by atoms with van der Waals surface area (Å²) in [5.74, 6) is 1.83. The molecule has 0 saturated heterocycles. The fourth-order valence-electron chi connectivity index (χ4n) is 2.60. The van der Waals surface area contributed by atoms with E-state index in [0.29, 0.717) is 16.6 Å². The first-order chi connectivity index (χ1) is 13.1. The summed E-state index contributed by atoms with van der Waals surface area (Å²) in [6.07, 6.45) is -0.634. The van der Waals surface area contributed by atoms with Crippen molar-refractivity contribution in [2.75, 3.05) is 12.1 Å². The van der Waals surface area contributed by atoms with Gasteiger partial charge in [-0.2, -0.15) is 0 Å². The lowest BCUT2D eigenvalue weighted by atomic mass is 10.1. The van der Waals surface area contributed by atoms with Crippen LogP contribution < -0.4 is 19.5 Å². The normalized spacial score (nSPS) is 13.3. The van der Waals surface area contributed by atoms with Crippen LogP contribution >= 0.6 is 11.3 Å². The SMILES string of the molecule is Cc1ccc(OC(C)C(=O)Nc2nc(-c3ccc4c(c3)OCO4)cs2)cc1. The van der Waals surface area contributed by atoms with Gasteiger partial charge in [0, 0.05) is 10.9 Å². The Balaban J connectivity index is 1.41. The smallest absolute Gasteiger partial charge is 0.266 e. The number of nitrogens with zero attached hydrogens (tertiary/aromatic N) is 1. The van der Waals surface area contributed by atoms with Crippen molar-refractivity contribution in [2.24, 2.45) is 0 Å². The van der Waals surface area contributed by atoms with Crippen molar-refractivity contribution in [3.05, 3.63) is 53.4 Å². The summed E-state index contributed by atoms with van der Waals surface area (Å²) in [6, 6.07) is 13.2. The number of anilines is 1. The number of nitrogens with one attached hydrogen (secondary N) is 1. The van der Waals surface area contributed by atoms with E-state index < -0.39 is 6.10 Å². The van der Waals surface area contributed by atoms with Gasteiger partial charge in [-0.3, -0.25) is 10.1 Å². The number of carbonyl (C=O) groups excluding carboxylic acids is 1. The number of carbonyl (C=O) groups is 1. The molecule has 2 heterocycles. The largest absolute Gasteiger partial charge is 0.481 e. The first-order valence-electron chi connectivity index (χ1n) is 8.48. The van der Waals surface area contributed by atoms with Crippen molar-refractivity contribution in [1.29, 1.82) is 0 Å². The Bertz CT molecular complexity index is 968. The summed E-state index contributed by atoms with van der Waals surface area (Å²) >= 11 is 1.36. The third kappa shape index (κ3) is 3.88. The van der Waals surface area contributed by atoms with Crippen molar-refractivity contribution in [3.8, 4) is 28.5 Å². The van der Waals surface area contributed by atoms with Crippen LogP contribution in [-0.4, -0.2) is 23.8 Å². The van der Waals surface area contributed by atoms with Crippen molar-refractivity contribution < 1.29 is 19.0 Å². The predicted molar refractivity (Wildman–Crippen MR) is 104 cm³/mol. The summed E-state index contributed by atoms with van der Waals surface area (Å²) in [6.45, 7) is 3.94. The summed E-state index contributed by atoms with van der Waals surface area (Å²) in [4.78, 5) is 16.9. The van der Waals surface area contributed by atoms with Gasteiger partial charge >= 0.3 is 0 Å². The van der Waals surface area contributed by atoms with Crippen molar-refractivity contribution in [1.82, 2.24) is 4.98 Å². The van der Waals surface area contributed by atoms with Crippen molar-refractivity contribution >= 4 is 22.4 Å². The van der Waals surface area contributed by atoms with E-state index in [1.54, 1.807) is 6.92 Å². The molecule has 0 spiro atoms. The number of aryl methyl sites for hydroxylation is 1. The van der Waals surface area contributed by atoms with E-state index in [2.05, 4.69) is 10.3 Å². The van der Waals surface area contributed by atoms with Gasteiger partial charge in [0.15, 0.2) is 22.7 Å². The highest BCUT2D eigenvalue weighted by Gasteiger charge is 2.18. The Morgan fingerprint density at radius 3 is 2.78 bits per heavy atom. The van der Waals surface area contributed by atoms with E-state index in [4.69, 9.17) is 14.2 Å². The number of rotatable bonds is 5. The Kier molecular flexibility index (Phi) is 4.68. The molecule has 0 saturated carbocycles. The average molecular weight is 382 g/mol. The second-order valence-corrected chi connectivity index (χ2v) is 7.03. The molecule has 1 aliphatic rings. The maximum absolute atomic E-state index is 12.4. The Morgan fingerprint density at radius 1 is 1.19 bits per heavy atom. The molecular formula is C20H18N2O4S. The number of thiazole rings is 1. The van der Waals surface area contributed by atoms with Gasteiger partial charge in [0.1, 0.15) is 5.75 Å². The van der Waals surface area contributed by atoms with Crippen molar-refractivity contribution in [2.45, 2.75) is 20.0 Å². The van der Waals surface area contributed by atoms with Gasteiger partial charge in [-0.05, 0) is 44.2 Å². The lowest BCUT2D eigenvalue weighted by molar-refractivity contribution is -0.122. The third-order valence-electron chi connectivity index (χ3n) is 4.11. The van der Waals surface area contributed by atoms with Gasteiger partial charge in [0.05, 0.1) is 5.69 Å². The number of amides is 1. The standard InChI is InChI=1S/C20H18N2O4S/c1-12-3-6-15(7-4-12)26-13(2)19(23)22-20-21-16(10-27-20)14-5-8-17-18(9-14)25-11-24-17/h3-10,13H,11H2,1-2H3,(H,21,22,23). The third-order valence-corrected chi connectivity index (χ3v) is 4.86. The molecule has 0 fully saturated rings. The molecule has 0 radical (unpaired) electrons. The molecule has 0 aliphatic carbocycles. The molecule has 4 rings (SSSR count). The number of ether oxygens (including phenoxy) is 3. The summed E-state index contributed by atoms with van der Waals surface area (Å²) in [7, 11) is 0. The molecule has 1 unspecified atom stereocenters. The minimum Gasteiger partial charge on any atom is -0.481 e. The van der Waals surface area contributed by atoms with Gasteiger partial charge in [-0.15, -0.1) is 11.3 Å². The predicted octanol–water partition coefficient (Wildman–Crippen LogP) is 4.25. The van der Waals surface area contributed by atoms with Crippen LogP contribution in [-0.2, 0) is 4.79 Å². The highest BCUT2D eigenvalue weighted by atomic mass is 32.1. The fourth-order valence-corrected chi connectivity index (χ4v) is 3.32. The van der Waals surface area contributed by atoms with Crippen LogP contribution in [0.25, 0.3) is 11.3 Å². The van der Waals surface area contributed by atoms with Gasteiger partial charge < -0.3 is 14.2 Å². The monoisotopic (exact) mass is 382 g/mol. The zero-order chi connectivity index (χ0) is 18.8. The molecule has 6 nitrogen and oxygen atoms in total. The zero-order valence-electron chi connectivity index (χ0n) is 14.9. The van der Waals surface area contributed by atoms with E-state index in [1.807, 2.05) is 54.8 Å². The van der Waals surface area contributed by atoms with Gasteiger partial charge in [-0.1, -0.05) is 17.7 Å². The van der Waals surface area contributed by atoms with Gasteiger partial charge in [0.25, 0.3) is 5.91 Å². The minimum absolute atomic E-state index is 0.232. The van der Waals surface area contributed by atoms with E-state index in [1.165, 1.54) is 11.3 Å². The Morgan fingerprint density at radius 2 is 1.96 bits per heavy atom. The highest BCUT2D eigenvalue weighted by molar-refractivity contribution is 7.14. The van der Waals surface area contributed by atoms with E-state index >= 15 is 0 Å². The second-order valence-electron chi connectivity index (χ2n) is 6.17. The zero-order valence-corrected chi connectivity index (χ0v) is 15.7. The van der Waals surface area contributed by atoms with Crippen LogP contribution in [0.1, 0.15) is 12.5 Å². The van der Waals surface area contributed by atoms with Crippen molar-refractivity contribution in [3.63, 3.8) is 0 Å². The topological polar surface area (TPSA) is 69.7 Å². The summed E-state index contributed by atoms with van der Waals surface area (Å²) in [5, 5.41) is 5.21. The van der Waals surface area contributed by atoms with E-state index in [0.717, 1.165) is 22.6 Å². The van der Waals surface area contributed by atoms with Gasteiger partial charge in [0.2, 0.25) is 6.79 Å². The lowest BCUT2D eigenvalue weighted by Crippen LogP contribution is -2.30. The minimum atomic E-state index is -0.634. The van der Waals surface area contributed by atoms with Crippen LogP contribution in [0.3, 0.4) is 0 Å². The molecule has 1 atom stereocenters. The van der Waals surface area contributed by atoms with Gasteiger partial charge in [-0.25, -0.2) is 4.98 Å². The average Bonchev–Trinajstić information content (AvgIpc) is 3.32. The second kappa shape index (κ2) is 7.28. The summed E-state index contributed by atoms with van der Waals surface area (Å²) < 4.78 is 16.4. The van der Waals surface area contributed by atoms with Crippen LogP contribution in [0.4, 0.5) is 5.13 Å². The lowest BCUT2D eigenvalue weighted by Gasteiger charge is -2.13. The molecule has 1 amide bonds. The molecule has 1 N–H and O–H groups in total. The molecule has 7 heteroatoms. The number of fused-ring (bicyclic) bond motifs is 1. The maximum Gasteiger partial charge on any atom is 0.266 e. The van der Waals surface area contributed by atoms with Crippen LogP contribution in [0, 0.1) is 6.92 Å². The highest BCUT2D eigenvalue weighted by Crippen LogP contribution is 2.36. The fraction of sp³-hybridized carbons (Fsp3) is 0.200. The molecule has 2 aromatic carbocycles. The maximum atomic E-state index is 12.4. The number of benzene rings is 2. The Hall–Kier alpha value is -3.06. The molecule has 3 aromatic rings. The first-order valence-corrected chi connectivity index (χ1v) is 9.36. The number of aromatic nitrogens is 1. The first kappa shape index (κ1) is 17.4. The molecule has 0 bridgehead atoms. The Labute approximate surface area is 160 Å². The number of hydrogen-bond acceptors (Lipinski definition) is 6. The molecule has 27 heavy (non-hydrogen) atoms. The quantitative estimate of drug-likeness (QED) is 0.714. The van der Waals surface area contributed by atoms with Crippen LogP contribution in [0.2, 0.25) is 0 Å². The van der Waals surface area contributed by atoms with Crippen LogP contribution in [0.5, 0.6) is 17.2 Å². The van der Waals surface area contributed by atoms with E-state index in [-0.39, 0.29) is 12.7 Å². The van der Waals surface area contributed by atoms with Crippen LogP contribution in [0.15, 0.2) is 47.8 Å². The molecule has 1 aromatic heterocycles. The molecule has 138 valence electrons. The number of hydrogen-bond donors (Lipinski definition) is 1. The molecular weight excluding hydrogens is 364 g/mol. The summed E-state index contributed by atoms with van der Waals surface area (Å²) in [5.41, 5.74) is 2.80. The molecule has 1 aliphatic heterocycles.